The van der Waals surface area contributed by atoms with Crippen molar-refractivity contribution < 1.29 is 9.53 Å². The SMILES string of the molecule is O=C(COc1ccc(Cl)cc1)NC1CCCCC1Cl. The molecule has 0 aromatic heterocycles. The van der Waals surface area contributed by atoms with Crippen molar-refractivity contribution in [2.45, 2.75) is 37.1 Å². The van der Waals surface area contributed by atoms with E-state index in [0.717, 1.165) is 25.7 Å². The zero-order valence-electron chi connectivity index (χ0n) is 10.6. The Bertz CT molecular complexity index is 422. The van der Waals surface area contributed by atoms with Gasteiger partial charge in [0, 0.05) is 11.1 Å². The summed E-state index contributed by atoms with van der Waals surface area (Å²) in [7, 11) is 0. The number of benzene rings is 1. The van der Waals surface area contributed by atoms with Gasteiger partial charge in [0.05, 0.1) is 5.38 Å². The third kappa shape index (κ3) is 4.59. The van der Waals surface area contributed by atoms with Crippen LogP contribution in [0, 0.1) is 0 Å². The summed E-state index contributed by atoms with van der Waals surface area (Å²) in [5, 5.41) is 3.61. The van der Waals surface area contributed by atoms with Crippen molar-refractivity contribution in [1.29, 1.82) is 0 Å². The van der Waals surface area contributed by atoms with Crippen LogP contribution in [0.15, 0.2) is 24.3 Å². The third-order valence-electron chi connectivity index (χ3n) is 3.21. The van der Waals surface area contributed by atoms with Crippen LogP contribution in [0.4, 0.5) is 0 Å². The van der Waals surface area contributed by atoms with Gasteiger partial charge in [-0.1, -0.05) is 24.4 Å². The molecule has 104 valence electrons. The van der Waals surface area contributed by atoms with Gasteiger partial charge >= 0.3 is 0 Å². The maximum atomic E-state index is 11.8. The second kappa shape index (κ2) is 7.01. The Balaban J connectivity index is 1.76. The average molecular weight is 302 g/mol. The van der Waals surface area contributed by atoms with Gasteiger partial charge in [-0.15, -0.1) is 11.6 Å². The van der Waals surface area contributed by atoms with E-state index in [0.29, 0.717) is 10.8 Å². The fourth-order valence-corrected chi connectivity index (χ4v) is 2.65. The van der Waals surface area contributed by atoms with Crippen molar-refractivity contribution in [3.63, 3.8) is 0 Å². The predicted molar refractivity (Wildman–Crippen MR) is 77.0 cm³/mol. The normalized spacial score (nSPS) is 22.8. The van der Waals surface area contributed by atoms with Crippen molar-refractivity contribution in [3.8, 4) is 5.75 Å². The third-order valence-corrected chi connectivity index (χ3v) is 3.99. The summed E-state index contributed by atoms with van der Waals surface area (Å²) in [6.07, 6.45) is 4.17. The molecule has 0 spiro atoms. The number of carbonyl (C=O) groups is 1. The standard InChI is InChI=1S/C14H17Cl2NO2/c15-10-5-7-11(8-6-10)19-9-14(18)17-13-4-2-1-3-12(13)16/h5-8,12-13H,1-4,9H2,(H,17,18). The molecule has 0 heterocycles. The summed E-state index contributed by atoms with van der Waals surface area (Å²) < 4.78 is 5.39. The molecule has 1 fully saturated rings. The van der Waals surface area contributed by atoms with E-state index in [4.69, 9.17) is 27.9 Å². The van der Waals surface area contributed by atoms with E-state index in [1.807, 2.05) is 0 Å². The minimum atomic E-state index is -0.132. The first-order valence-corrected chi connectivity index (χ1v) is 7.28. The van der Waals surface area contributed by atoms with Gasteiger partial charge in [-0.25, -0.2) is 0 Å². The Morgan fingerprint density at radius 3 is 2.63 bits per heavy atom. The monoisotopic (exact) mass is 301 g/mol. The number of ether oxygens (including phenoxy) is 1. The van der Waals surface area contributed by atoms with E-state index in [-0.39, 0.29) is 23.9 Å². The van der Waals surface area contributed by atoms with E-state index < -0.39 is 0 Å². The highest BCUT2D eigenvalue weighted by Gasteiger charge is 2.24. The molecule has 0 saturated heterocycles. The van der Waals surface area contributed by atoms with E-state index >= 15 is 0 Å². The number of hydrogen-bond donors (Lipinski definition) is 1. The summed E-state index contributed by atoms with van der Waals surface area (Å²) in [4.78, 5) is 11.8. The summed E-state index contributed by atoms with van der Waals surface area (Å²) in [5.41, 5.74) is 0. The van der Waals surface area contributed by atoms with Gasteiger partial charge in [0.1, 0.15) is 5.75 Å². The summed E-state index contributed by atoms with van der Waals surface area (Å²) in [6, 6.07) is 6.99. The van der Waals surface area contributed by atoms with Crippen molar-refractivity contribution in [3.05, 3.63) is 29.3 Å². The maximum absolute atomic E-state index is 11.8. The number of carbonyl (C=O) groups excluding carboxylic acids is 1. The molecule has 1 amide bonds. The molecule has 2 rings (SSSR count). The summed E-state index contributed by atoms with van der Waals surface area (Å²) in [6.45, 7) is 0.00173. The van der Waals surface area contributed by atoms with E-state index in [2.05, 4.69) is 5.32 Å². The van der Waals surface area contributed by atoms with Gasteiger partial charge < -0.3 is 10.1 Å². The fraction of sp³-hybridized carbons (Fsp3) is 0.500. The lowest BCUT2D eigenvalue weighted by Crippen LogP contribution is -2.44. The minimum Gasteiger partial charge on any atom is -0.484 e. The topological polar surface area (TPSA) is 38.3 Å². The summed E-state index contributed by atoms with van der Waals surface area (Å²) >= 11 is 12.0. The Labute approximate surface area is 123 Å². The Kier molecular flexibility index (Phi) is 5.34. The van der Waals surface area contributed by atoms with Crippen LogP contribution in [0.1, 0.15) is 25.7 Å². The van der Waals surface area contributed by atoms with Crippen molar-refractivity contribution in [2.75, 3.05) is 6.61 Å². The molecule has 1 aliphatic rings. The molecule has 19 heavy (non-hydrogen) atoms. The molecular formula is C14H17Cl2NO2. The lowest BCUT2D eigenvalue weighted by Gasteiger charge is -2.27. The average Bonchev–Trinajstić information content (AvgIpc) is 2.41. The van der Waals surface area contributed by atoms with Gasteiger partial charge in [-0.2, -0.15) is 0 Å². The molecule has 1 aromatic rings. The molecule has 1 aliphatic carbocycles. The minimum absolute atomic E-state index is 0.00173. The fourth-order valence-electron chi connectivity index (χ4n) is 2.18. The molecule has 1 saturated carbocycles. The number of amides is 1. The highest BCUT2D eigenvalue weighted by Crippen LogP contribution is 2.23. The molecule has 1 N–H and O–H groups in total. The first kappa shape index (κ1) is 14.5. The van der Waals surface area contributed by atoms with Crippen LogP contribution in [0.2, 0.25) is 5.02 Å². The smallest absolute Gasteiger partial charge is 0.258 e. The van der Waals surface area contributed by atoms with Crippen LogP contribution in [0.3, 0.4) is 0 Å². The number of nitrogens with one attached hydrogen (secondary N) is 1. The summed E-state index contributed by atoms with van der Waals surface area (Å²) in [5.74, 6) is 0.498. The molecule has 0 bridgehead atoms. The van der Waals surface area contributed by atoms with Gasteiger partial charge in [-0.3, -0.25) is 4.79 Å². The zero-order chi connectivity index (χ0) is 13.7. The lowest BCUT2D eigenvalue weighted by atomic mass is 9.95. The van der Waals surface area contributed by atoms with E-state index in [9.17, 15) is 4.79 Å². The highest BCUT2D eigenvalue weighted by atomic mass is 35.5. The quantitative estimate of drug-likeness (QED) is 0.866. The molecule has 5 heteroatoms. The van der Waals surface area contributed by atoms with Crippen LogP contribution in [-0.4, -0.2) is 23.9 Å². The molecule has 1 aromatic carbocycles. The molecule has 2 atom stereocenters. The zero-order valence-corrected chi connectivity index (χ0v) is 12.1. The van der Waals surface area contributed by atoms with Crippen LogP contribution >= 0.6 is 23.2 Å². The molecule has 0 aliphatic heterocycles. The van der Waals surface area contributed by atoms with Crippen LogP contribution in [0.25, 0.3) is 0 Å². The first-order chi connectivity index (χ1) is 9.15. The Hall–Kier alpha value is -0.930. The maximum Gasteiger partial charge on any atom is 0.258 e. The van der Waals surface area contributed by atoms with Crippen molar-refractivity contribution in [1.82, 2.24) is 5.32 Å². The molecule has 2 unspecified atom stereocenters. The highest BCUT2D eigenvalue weighted by molar-refractivity contribution is 6.30. The second-order valence-corrected chi connectivity index (χ2v) is 5.71. The van der Waals surface area contributed by atoms with Gasteiger partial charge in [0.15, 0.2) is 6.61 Å². The molecular weight excluding hydrogens is 285 g/mol. The van der Waals surface area contributed by atoms with Crippen molar-refractivity contribution in [2.24, 2.45) is 0 Å². The van der Waals surface area contributed by atoms with Gasteiger partial charge in [0.2, 0.25) is 0 Å². The number of hydrogen-bond acceptors (Lipinski definition) is 2. The Morgan fingerprint density at radius 2 is 1.95 bits per heavy atom. The largest absolute Gasteiger partial charge is 0.484 e. The predicted octanol–water partition coefficient (Wildman–Crippen LogP) is 3.39. The molecule has 3 nitrogen and oxygen atoms in total. The number of alkyl halides is 1. The van der Waals surface area contributed by atoms with Crippen LogP contribution in [-0.2, 0) is 4.79 Å². The van der Waals surface area contributed by atoms with Crippen LogP contribution < -0.4 is 10.1 Å². The number of rotatable bonds is 4. The lowest BCUT2D eigenvalue weighted by molar-refractivity contribution is -0.124. The van der Waals surface area contributed by atoms with E-state index in [1.54, 1.807) is 24.3 Å². The van der Waals surface area contributed by atoms with Crippen LogP contribution in [0.5, 0.6) is 5.75 Å². The number of halogens is 2. The van der Waals surface area contributed by atoms with Crippen molar-refractivity contribution >= 4 is 29.1 Å². The van der Waals surface area contributed by atoms with E-state index in [1.165, 1.54) is 0 Å². The molecule has 0 radical (unpaired) electrons. The van der Waals surface area contributed by atoms with Gasteiger partial charge in [-0.05, 0) is 37.1 Å². The first-order valence-electron chi connectivity index (χ1n) is 6.47. The van der Waals surface area contributed by atoms with Gasteiger partial charge in [0.25, 0.3) is 5.91 Å². The Morgan fingerprint density at radius 1 is 1.26 bits per heavy atom. The second-order valence-electron chi connectivity index (χ2n) is 4.72.